The van der Waals surface area contributed by atoms with Gasteiger partial charge in [0.1, 0.15) is 6.10 Å². The van der Waals surface area contributed by atoms with Gasteiger partial charge in [-0.3, -0.25) is 9.78 Å². The summed E-state index contributed by atoms with van der Waals surface area (Å²) in [5.41, 5.74) is 7.47. The molecule has 1 fully saturated rings. The van der Waals surface area contributed by atoms with Crippen molar-refractivity contribution in [2.75, 3.05) is 0 Å². The van der Waals surface area contributed by atoms with E-state index in [0.29, 0.717) is 17.7 Å². The Bertz CT molecular complexity index is 1250. The molecule has 0 amide bonds. The van der Waals surface area contributed by atoms with Gasteiger partial charge in [-0.05, 0) is 101 Å². The van der Waals surface area contributed by atoms with E-state index in [0.717, 1.165) is 64.0 Å². The second-order valence-corrected chi connectivity index (χ2v) is 12.6. The van der Waals surface area contributed by atoms with Crippen molar-refractivity contribution in [1.29, 1.82) is 0 Å². The minimum absolute atomic E-state index is 0.0521. The number of benzene rings is 1. The quantitative estimate of drug-likeness (QED) is 0.203. The summed E-state index contributed by atoms with van der Waals surface area (Å²) >= 11 is 3.60. The molecule has 0 bridgehead atoms. The number of pyridine rings is 1. The van der Waals surface area contributed by atoms with Crippen LogP contribution in [-0.4, -0.2) is 16.1 Å². The van der Waals surface area contributed by atoms with Gasteiger partial charge < -0.3 is 15.2 Å². The second kappa shape index (κ2) is 16.5. The molecule has 1 aliphatic carbocycles. The highest BCUT2D eigenvalue weighted by Crippen LogP contribution is 2.29. The second-order valence-electron chi connectivity index (χ2n) is 11.8. The van der Waals surface area contributed by atoms with Crippen molar-refractivity contribution in [1.82, 2.24) is 10.3 Å². The van der Waals surface area contributed by atoms with E-state index >= 15 is 0 Å². The van der Waals surface area contributed by atoms with E-state index in [1.165, 1.54) is 12.0 Å². The van der Waals surface area contributed by atoms with Gasteiger partial charge in [0, 0.05) is 21.4 Å². The number of halogens is 1. The smallest absolute Gasteiger partial charge is 0.306 e. The summed E-state index contributed by atoms with van der Waals surface area (Å²) < 4.78 is 7.16. The van der Waals surface area contributed by atoms with Crippen LogP contribution in [0.5, 0.6) is 0 Å². The summed E-state index contributed by atoms with van der Waals surface area (Å²) in [6, 6.07) is 12.3. The summed E-state index contributed by atoms with van der Waals surface area (Å²) in [5, 5.41) is 12.1. The first kappa shape index (κ1) is 34.3. The Morgan fingerprint density at radius 2 is 1.85 bits per heavy atom. The van der Waals surface area contributed by atoms with Gasteiger partial charge in [0.15, 0.2) is 5.88 Å². The Balaban J connectivity index is 0.000000493. The van der Waals surface area contributed by atoms with Crippen LogP contribution in [0.4, 0.5) is 0 Å². The van der Waals surface area contributed by atoms with Gasteiger partial charge in [-0.25, -0.2) is 0 Å². The van der Waals surface area contributed by atoms with Crippen molar-refractivity contribution in [3.8, 4) is 0 Å². The fourth-order valence-corrected chi connectivity index (χ4v) is 5.49. The molecule has 0 saturated heterocycles. The molecule has 3 atom stereocenters. The molecule has 224 valence electrons. The molecule has 1 aromatic heterocycles. The predicted octanol–water partition coefficient (Wildman–Crippen LogP) is 9.92. The third kappa shape index (κ3) is 11.1. The van der Waals surface area contributed by atoms with E-state index in [1.807, 2.05) is 32.0 Å². The van der Waals surface area contributed by atoms with Crippen molar-refractivity contribution >= 4 is 27.5 Å². The largest absolute Gasteiger partial charge is 0.481 e. The topological polar surface area (TPSA) is 71.5 Å². The number of rotatable bonds is 10. The molecule has 0 radical (unpaired) electrons. The third-order valence-electron chi connectivity index (χ3n) is 7.61. The lowest BCUT2D eigenvalue weighted by Crippen LogP contribution is -2.20. The number of aliphatic carboxylic acids is 1. The zero-order valence-electron chi connectivity index (χ0n) is 26.2. The van der Waals surface area contributed by atoms with Crippen LogP contribution in [0.1, 0.15) is 102 Å². The fraction of sp³-hybridized carbons (Fsp3) is 0.486. The Morgan fingerprint density at radius 1 is 1.17 bits per heavy atom. The average molecular weight is 626 g/mol. The molecule has 41 heavy (non-hydrogen) atoms. The molecule has 5 nitrogen and oxygen atoms in total. The molecule has 6 heteroatoms. The molecule has 3 rings (SSSR count). The summed E-state index contributed by atoms with van der Waals surface area (Å²) in [5.74, 6) is 1.06. The molecule has 1 aromatic carbocycles. The maximum absolute atomic E-state index is 10.5. The van der Waals surface area contributed by atoms with Crippen LogP contribution in [0.15, 0.2) is 70.7 Å². The van der Waals surface area contributed by atoms with Crippen molar-refractivity contribution < 1.29 is 14.6 Å². The third-order valence-corrected chi connectivity index (χ3v) is 8.33. The van der Waals surface area contributed by atoms with Crippen LogP contribution in [0.3, 0.4) is 0 Å². The molecule has 2 aromatic rings. The molecule has 1 saturated carbocycles. The first-order chi connectivity index (χ1) is 19.3. The van der Waals surface area contributed by atoms with Gasteiger partial charge in [0.2, 0.25) is 0 Å². The summed E-state index contributed by atoms with van der Waals surface area (Å²) in [6.07, 6.45) is 7.21. The highest BCUT2D eigenvalue weighted by atomic mass is 79.9. The molecule has 1 aliphatic rings. The van der Waals surface area contributed by atoms with Crippen LogP contribution in [-0.2, 0) is 9.53 Å². The van der Waals surface area contributed by atoms with Crippen molar-refractivity contribution in [2.24, 2.45) is 17.8 Å². The minimum Gasteiger partial charge on any atom is -0.481 e. The SMILES string of the molecule is C=C(NC(=C(/C)c1ccc(C)c(C)n1)/C(C)=C/CC(C)C)O[C@H](C)c1ccccc1Br.C[C@H]1CCC[C@H](C(=O)O)C1. The Morgan fingerprint density at radius 3 is 2.41 bits per heavy atom. The van der Waals surface area contributed by atoms with Gasteiger partial charge >= 0.3 is 5.97 Å². The van der Waals surface area contributed by atoms with E-state index in [4.69, 9.17) is 14.8 Å². The number of carboxylic acid groups (broad SMARTS) is 1. The van der Waals surface area contributed by atoms with Crippen molar-refractivity contribution in [2.45, 2.75) is 93.6 Å². The van der Waals surface area contributed by atoms with Crippen LogP contribution in [0.25, 0.3) is 5.57 Å². The van der Waals surface area contributed by atoms with E-state index in [-0.39, 0.29) is 12.0 Å². The number of nitrogens with zero attached hydrogens (tertiary/aromatic N) is 1. The number of nitrogens with one attached hydrogen (secondary N) is 1. The summed E-state index contributed by atoms with van der Waals surface area (Å²) in [6.45, 7) is 21.1. The van der Waals surface area contributed by atoms with Crippen molar-refractivity contribution in [3.05, 3.63) is 93.2 Å². The summed E-state index contributed by atoms with van der Waals surface area (Å²) in [4.78, 5) is 15.3. The average Bonchev–Trinajstić information content (AvgIpc) is 2.92. The monoisotopic (exact) mass is 624 g/mol. The van der Waals surface area contributed by atoms with Gasteiger partial charge in [0.05, 0.1) is 11.6 Å². The maximum Gasteiger partial charge on any atom is 0.306 e. The highest BCUT2D eigenvalue weighted by Gasteiger charge is 2.24. The normalized spacial score (nSPS) is 18.5. The highest BCUT2D eigenvalue weighted by molar-refractivity contribution is 9.10. The van der Waals surface area contributed by atoms with E-state index < -0.39 is 5.97 Å². The molecular formula is C35H49BrN2O3. The van der Waals surface area contributed by atoms with Crippen LogP contribution < -0.4 is 5.32 Å². The molecule has 0 spiro atoms. The molecule has 0 unspecified atom stereocenters. The number of carbonyl (C=O) groups is 1. The minimum atomic E-state index is -0.605. The standard InChI is InChI=1S/C27H35BrN2O.C8H14O2/c1-17(2)13-14-19(4)27(20(5)26-16-15-18(3)21(6)29-26)30-23(8)31-22(7)24-11-9-10-12-25(24)28;1-6-3-2-4-7(5-6)8(9)10/h9-12,14-17,22,30H,8,13H2,1-7H3;6-7H,2-5H2,1H3,(H,9,10)/b19-14+,27-20-;/t22-;6-,7-/m10/s1. The molecular weight excluding hydrogens is 576 g/mol. The number of hydrogen-bond acceptors (Lipinski definition) is 4. The van der Waals surface area contributed by atoms with Gasteiger partial charge in [0.25, 0.3) is 0 Å². The number of carboxylic acids is 1. The lowest BCUT2D eigenvalue weighted by atomic mass is 9.83. The van der Waals surface area contributed by atoms with Gasteiger partial charge in [-0.2, -0.15) is 0 Å². The van der Waals surface area contributed by atoms with Crippen LogP contribution in [0, 0.1) is 31.6 Å². The zero-order valence-corrected chi connectivity index (χ0v) is 27.8. The Labute approximate surface area is 256 Å². The Kier molecular flexibility index (Phi) is 13.9. The number of allylic oxidation sites excluding steroid dienone is 3. The first-order valence-corrected chi connectivity index (χ1v) is 15.5. The first-order valence-electron chi connectivity index (χ1n) is 14.7. The molecule has 2 N–H and O–H groups in total. The lowest BCUT2D eigenvalue weighted by molar-refractivity contribution is -0.143. The number of hydrogen-bond donors (Lipinski definition) is 2. The molecule has 0 aliphatic heterocycles. The summed E-state index contributed by atoms with van der Waals surface area (Å²) in [7, 11) is 0. The number of aromatic nitrogens is 1. The Hall–Kier alpha value is -2.86. The number of aryl methyl sites for hydroxylation is 2. The number of ether oxygens (including phenoxy) is 1. The molecule has 1 heterocycles. The maximum atomic E-state index is 10.5. The van der Waals surface area contributed by atoms with Crippen LogP contribution >= 0.6 is 15.9 Å². The van der Waals surface area contributed by atoms with Gasteiger partial charge in [-0.1, -0.05) is 79.9 Å². The van der Waals surface area contributed by atoms with Crippen molar-refractivity contribution in [3.63, 3.8) is 0 Å². The lowest BCUT2D eigenvalue weighted by Gasteiger charge is -2.22. The zero-order chi connectivity index (χ0) is 30.7. The van der Waals surface area contributed by atoms with E-state index in [9.17, 15) is 4.79 Å². The predicted molar refractivity (Wildman–Crippen MR) is 174 cm³/mol. The van der Waals surface area contributed by atoms with Crippen LogP contribution in [0.2, 0.25) is 0 Å². The van der Waals surface area contributed by atoms with E-state index in [1.54, 1.807) is 0 Å². The van der Waals surface area contributed by atoms with E-state index in [2.05, 4.69) is 93.6 Å². The van der Waals surface area contributed by atoms with Gasteiger partial charge in [-0.15, -0.1) is 0 Å². The fourth-order valence-electron chi connectivity index (χ4n) is 4.88.